The average molecular weight is 2040 g/mol. The number of carbonyl (C=O) groups excluding carboxylic acids is 5. The van der Waals surface area contributed by atoms with Crippen LogP contribution in [-0.4, -0.2) is 270 Å². The number of nitrogens with zero attached hydrogens (tertiary/aromatic N) is 17. The summed E-state index contributed by atoms with van der Waals surface area (Å²) in [6.45, 7) is 33.9. The Bertz CT molecular complexity index is 5940. The van der Waals surface area contributed by atoms with E-state index in [9.17, 15) is 34.2 Å². The lowest BCUT2D eigenvalue weighted by molar-refractivity contribution is 0.0407. The van der Waals surface area contributed by atoms with Crippen LogP contribution in [0.3, 0.4) is 0 Å². The Morgan fingerprint density at radius 2 is 0.885 bits per heavy atom. The fourth-order valence-electron chi connectivity index (χ4n) is 18.4. The molecule has 0 aromatic carbocycles. The third-order valence-corrected chi connectivity index (χ3v) is 28.6. The van der Waals surface area contributed by atoms with Gasteiger partial charge in [-0.25, -0.2) is 9.97 Å². The van der Waals surface area contributed by atoms with Gasteiger partial charge in [-0.2, -0.15) is 45.0 Å². The Kier molecular flexibility index (Phi) is 37.0. The van der Waals surface area contributed by atoms with Crippen molar-refractivity contribution in [1.82, 2.24) is 91.3 Å². The number of nitrogens with one attached hydrogen (secondary N) is 5. The summed E-state index contributed by atoms with van der Waals surface area (Å²) in [5.41, 5.74) is 32.4. The van der Waals surface area contributed by atoms with Crippen molar-refractivity contribution in [2.75, 3.05) is 132 Å². The maximum absolute atomic E-state index is 13.1. The Balaban J connectivity index is 0.000000156. The summed E-state index contributed by atoms with van der Waals surface area (Å²) in [5, 5.41) is 39.6. The van der Waals surface area contributed by atoms with Crippen molar-refractivity contribution in [2.45, 2.75) is 265 Å². The van der Waals surface area contributed by atoms with Gasteiger partial charge in [0.1, 0.15) is 69.4 Å². The van der Waals surface area contributed by atoms with Gasteiger partial charge >= 0.3 is 24.0 Å². The van der Waals surface area contributed by atoms with Gasteiger partial charge in [-0.3, -0.25) is 39.0 Å². The second kappa shape index (κ2) is 49.6. The molecule has 13 heterocycles. The molecular formula is C107H150N26O15. The number of allylic oxidation sites excluding steroid dienone is 4. The minimum atomic E-state index is -1.09. The highest BCUT2D eigenvalue weighted by molar-refractivity contribution is 5.97. The third kappa shape index (κ3) is 29.0. The highest BCUT2D eigenvalue weighted by atomic mass is 16.5. The second-order valence-corrected chi connectivity index (χ2v) is 41.7. The third-order valence-electron chi connectivity index (χ3n) is 28.6. The number of aromatic amines is 1. The first-order valence-electron chi connectivity index (χ1n) is 52.0. The number of pyridine rings is 4. The van der Waals surface area contributed by atoms with E-state index in [0.29, 0.717) is 105 Å². The Hall–Kier alpha value is -13.4. The van der Waals surface area contributed by atoms with E-state index in [1.54, 1.807) is 85.6 Å². The number of primary amides is 1. The fraction of sp³-hybridized carbons (Fsp3) is 0.570. The molecule has 5 amide bonds. The van der Waals surface area contributed by atoms with Crippen molar-refractivity contribution in [3.63, 3.8) is 0 Å². The van der Waals surface area contributed by atoms with Gasteiger partial charge < -0.3 is 112 Å². The molecule has 0 spiro atoms. The van der Waals surface area contributed by atoms with Crippen molar-refractivity contribution in [2.24, 2.45) is 40.9 Å². The molecule has 15 N–H and O–H groups in total. The van der Waals surface area contributed by atoms with Gasteiger partial charge in [0.2, 0.25) is 0 Å². The number of rotatable bonds is 39. The fourth-order valence-corrected chi connectivity index (χ4v) is 18.4. The summed E-state index contributed by atoms with van der Waals surface area (Å²) in [6.07, 6.45) is 24.8. The molecule has 4 aliphatic heterocycles. The monoisotopic (exact) mass is 2040 g/mol. The van der Waals surface area contributed by atoms with Crippen molar-refractivity contribution < 1.29 is 72.1 Å². The molecule has 798 valence electrons. The predicted octanol–water partition coefficient (Wildman–Crippen LogP) is 11.2. The number of ether oxygens (including phenoxy) is 8. The van der Waals surface area contributed by atoms with Crippen LogP contribution in [-0.2, 0) is 17.6 Å². The number of H-pyrrole nitrogens is 1. The van der Waals surface area contributed by atoms with Crippen LogP contribution in [0.4, 0.5) is 29.0 Å². The van der Waals surface area contributed by atoms with Crippen LogP contribution >= 0.6 is 0 Å². The standard InChI is InChI=1S/2C28H38N6O3.C26H39N7O4.C25H35N7O5/c2*1-17(28(2,3)29)31-26(35)22-15-24(33-27(32-22)37-16-18-5-6-18)34-13-10-19(11-14-34)20-7-8-21-25(20)23(36-4)9-12-30-21;1-6-7-15(2)37-25-31-20(24(35)29-16(3)26(4,5)36)14-21(32-25)33-12-10-17(11-13-33)19-9-8-18(27)22(30-19)23(28)34;1-5-36-19-6-9-26-23-21(19)22(30-31-23)17-7-10-32(11-8-17)20-12-18(24(34)27-15(2)13-33)28-25(29-20)37-16(3)14-35-4/h2*7,9,12,15,17-19H,5-6,8,10-11,13-14,16,29H2,1-4H3,(H,31,35);8-9,14-17,36H,6-7,10-13,27H2,1-5H3,(H2,28,34)(H,29,35);6,9,12,15-17,33H,5,7-8,10-11,13-14H2,1-4H3,(H,27,34)(H,26,30,31)/t;;2*15-,16-/m..11/s1. The number of aliphatic hydroxyl groups excluding tert-OH is 1. The molecular weight excluding hydrogens is 1890 g/mol. The predicted molar refractivity (Wildman–Crippen MR) is 565 cm³/mol. The summed E-state index contributed by atoms with van der Waals surface area (Å²) < 4.78 is 45.9. The summed E-state index contributed by atoms with van der Waals surface area (Å²) in [4.78, 5) is 126. The van der Waals surface area contributed by atoms with Gasteiger partial charge in [0.15, 0.2) is 11.3 Å². The first-order chi connectivity index (χ1) is 70.8. The van der Waals surface area contributed by atoms with Crippen molar-refractivity contribution in [1.29, 1.82) is 0 Å². The number of hydrogen-bond acceptors (Lipinski definition) is 35. The van der Waals surface area contributed by atoms with Crippen LogP contribution in [0.1, 0.15) is 285 Å². The van der Waals surface area contributed by atoms with Gasteiger partial charge in [-0.05, 0) is 239 Å². The van der Waals surface area contributed by atoms with Crippen LogP contribution in [0.5, 0.6) is 41.3 Å². The molecule has 6 fully saturated rings. The molecule has 41 nitrogen and oxygen atoms in total. The van der Waals surface area contributed by atoms with E-state index in [4.69, 9.17) is 70.8 Å². The second-order valence-electron chi connectivity index (χ2n) is 41.7. The van der Waals surface area contributed by atoms with Gasteiger partial charge in [0.25, 0.3) is 29.5 Å². The number of aliphatic hydroxyl groups is 2. The van der Waals surface area contributed by atoms with Crippen LogP contribution < -0.4 is 97.0 Å². The number of nitrogens with two attached hydrogens (primary N) is 4. The van der Waals surface area contributed by atoms with Crippen LogP contribution in [0, 0.1) is 23.7 Å². The number of nitrogen functional groups attached to an aromatic ring is 1. The maximum Gasteiger partial charge on any atom is 0.319 e. The lowest BCUT2D eigenvalue weighted by atomic mass is 9.86. The highest BCUT2D eigenvalue weighted by Crippen LogP contribution is 2.46. The van der Waals surface area contributed by atoms with Gasteiger partial charge in [-0.1, -0.05) is 25.5 Å². The number of aromatic nitrogens is 14. The zero-order valence-electron chi connectivity index (χ0n) is 88.6. The SMILES string of the molecule is CCC[C@@H](C)Oc1nc(C(=O)N[C@H](C)C(C)(C)O)cc(N2CCC(c3ccc(N)c(C(N)=O)n3)CC2)n1.CCOc1ccnc2n[nH]c(C3CCN(c4cc(C(=O)N[C@H](C)CO)nc(O[C@H](C)COC)n4)CC3)c12.COc1ccnc2c1C(C1CCN(c3cc(C(=O)NC(C)C(C)(C)N)nc(OCC4CC4)n3)CC1)=CC2.COc1ccnc2c1C(C1CCN(c3cc(C(=O)NC(C)C(C)(C)N)nc(OCC4CC4)n3)CC1)=CC2. The topological polar surface area (TPSA) is 548 Å². The molecule has 148 heavy (non-hydrogen) atoms. The molecule has 41 heteroatoms. The first-order valence-corrected chi connectivity index (χ1v) is 52.0. The van der Waals surface area contributed by atoms with Crippen molar-refractivity contribution in [3.05, 3.63) is 148 Å². The highest BCUT2D eigenvalue weighted by Gasteiger charge is 2.38. The van der Waals surface area contributed by atoms with Crippen LogP contribution in [0.25, 0.3) is 22.2 Å². The molecule has 9 aromatic rings. The normalized spacial score (nSPS) is 17.4. The molecule has 8 aliphatic rings. The Morgan fingerprint density at radius 3 is 1.28 bits per heavy atom. The maximum atomic E-state index is 13.1. The molecule has 6 atom stereocenters. The molecule has 4 saturated heterocycles. The molecule has 2 saturated carbocycles. The minimum absolute atomic E-state index is 0.0923. The summed E-state index contributed by atoms with van der Waals surface area (Å²) in [6, 6.07) is 15.5. The van der Waals surface area contributed by atoms with Crippen molar-refractivity contribution in [3.8, 4) is 41.3 Å². The summed E-state index contributed by atoms with van der Waals surface area (Å²) >= 11 is 0. The Morgan fingerprint density at radius 1 is 0.486 bits per heavy atom. The largest absolute Gasteiger partial charge is 0.496 e. The van der Waals surface area contributed by atoms with E-state index in [0.717, 1.165) is 171 Å². The van der Waals surface area contributed by atoms with Gasteiger partial charge in [0.05, 0.1) is 93.2 Å². The lowest BCUT2D eigenvalue weighted by Gasteiger charge is -2.34. The van der Waals surface area contributed by atoms with E-state index in [2.05, 4.69) is 120 Å². The zero-order chi connectivity index (χ0) is 106. The van der Waals surface area contributed by atoms with Gasteiger partial charge in [0, 0.05) is 173 Å². The number of fused-ring (bicyclic) bond motifs is 3. The molecule has 4 aliphatic carbocycles. The van der Waals surface area contributed by atoms with Crippen molar-refractivity contribution >= 4 is 80.7 Å². The summed E-state index contributed by atoms with van der Waals surface area (Å²) in [5.74, 6) is 5.61. The van der Waals surface area contributed by atoms with E-state index in [-0.39, 0.29) is 101 Å². The summed E-state index contributed by atoms with van der Waals surface area (Å²) in [7, 11) is 5.02. The lowest BCUT2D eigenvalue weighted by Crippen LogP contribution is -2.53. The average Bonchev–Trinajstić information content (AvgIpc) is 1.64. The van der Waals surface area contributed by atoms with Crippen LogP contribution in [0.15, 0.2) is 85.3 Å². The van der Waals surface area contributed by atoms with E-state index in [1.165, 1.54) is 36.8 Å². The first kappa shape index (κ1) is 110. The quantitative estimate of drug-likeness (QED) is 0.0170. The molecule has 0 bridgehead atoms. The number of methoxy groups -OCH3 is 3. The molecule has 17 rings (SSSR count). The molecule has 0 radical (unpaired) electrons. The number of amides is 5. The van der Waals surface area contributed by atoms with Gasteiger partial charge in [-0.15, -0.1) is 0 Å². The molecule has 9 aromatic heterocycles. The van der Waals surface area contributed by atoms with E-state index in [1.807, 2.05) is 99.0 Å². The smallest absolute Gasteiger partial charge is 0.319 e. The van der Waals surface area contributed by atoms with Crippen LogP contribution in [0.2, 0.25) is 0 Å². The number of anilines is 5. The zero-order valence-corrected chi connectivity index (χ0v) is 88.6. The number of piperidine rings is 4. The number of carbonyl (C=O) groups is 5. The Labute approximate surface area is 866 Å². The minimum Gasteiger partial charge on any atom is -0.496 e. The number of hydrogen-bond donors (Lipinski definition) is 11. The van der Waals surface area contributed by atoms with E-state index >= 15 is 0 Å². The van der Waals surface area contributed by atoms with E-state index < -0.39 is 46.5 Å². The molecule has 2 unspecified atom stereocenters.